The van der Waals surface area contributed by atoms with Crippen LogP contribution in [0.5, 0.6) is 0 Å². The second kappa shape index (κ2) is 7.84. The summed E-state index contributed by atoms with van der Waals surface area (Å²) in [5, 5.41) is 12.5. The van der Waals surface area contributed by atoms with E-state index >= 15 is 0 Å². The molecule has 6 heteroatoms. The predicted molar refractivity (Wildman–Crippen MR) is 117 cm³/mol. The van der Waals surface area contributed by atoms with Crippen molar-refractivity contribution in [2.24, 2.45) is 0 Å². The highest BCUT2D eigenvalue weighted by Gasteiger charge is 2.26. The molecule has 0 unspecified atom stereocenters. The Labute approximate surface area is 177 Å². The van der Waals surface area contributed by atoms with Crippen LogP contribution in [0.15, 0.2) is 34.9 Å². The van der Waals surface area contributed by atoms with E-state index in [4.69, 9.17) is 14.6 Å². The molecule has 2 aliphatic rings. The molecule has 2 aromatic heterocycles. The minimum absolute atomic E-state index is 0.516. The van der Waals surface area contributed by atoms with Crippen molar-refractivity contribution < 1.29 is 4.52 Å². The summed E-state index contributed by atoms with van der Waals surface area (Å²) in [6.45, 7) is 11.4. The minimum Gasteiger partial charge on any atom is -0.332 e. The number of piperidine rings is 1. The maximum Gasteiger partial charge on any atom is 0.279 e. The molecule has 1 fully saturated rings. The third-order valence-corrected chi connectivity index (χ3v) is 6.54. The number of hydrogen-bond donors (Lipinski definition) is 1. The maximum absolute atomic E-state index is 5.69. The Hall–Kier alpha value is -2.73. The van der Waals surface area contributed by atoms with Gasteiger partial charge >= 0.3 is 0 Å². The quantitative estimate of drug-likeness (QED) is 0.652. The van der Waals surface area contributed by atoms with E-state index in [1.807, 2.05) is 0 Å². The van der Waals surface area contributed by atoms with Gasteiger partial charge in [0.1, 0.15) is 0 Å². The first-order chi connectivity index (χ1) is 14.6. The summed E-state index contributed by atoms with van der Waals surface area (Å²) in [5.74, 6) is 1.79. The highest BCUT2D eigenvalue weighted by atomic mass is 16.5. The molecular formula is C24H29N5O. The van der Waals surface area contributed by atoms with Crippen molar-refractivity contribution in [2.45, 2.75) is 58.4 Å². The molecule has 1 saturated heterocycles. The Morgan fingerprint density at radius 1 is 1.23 bits per heavy atom. The zero-order chi connectivity index (χ0) is 20.7. The Kier molecular flexibility index (Phi) is 5.03. The third kappa shape index (κ3) is 3.39. The van der Waals surface area contributed by atoms with E-state index < -0.39 is 0 Å². The Morgan fingerprint density at radius 2 is 2.07 bits per heavy atom. The van der Waals surface area contributed by atoms with Gasteiger partial charge in [-0.25, -0.2) is 0 Å². The normalized spacial score (nSPS) is 17.3. The molecular weight excluding hydrogens is 374 g/mol. The van der Waals surface area contributed by atoms with Gasteiger partial charge in [0, 0.05) is 29.8 Å². The molecule has 156 valence electrons. The van der Waals surface area contributed by atoms with Crippen molar-refractivity contribution >= 4 is 0 Å². The fourth-order valence-corrected chi connectivity index (χ4v) is 4.83. The van der Waals surface area contributed by atoms with Crippen molar-refractivity contribution in [3.63, 3.8) is 0 Å². The summed E-state index contributed by atoms with van der Waals surface area (Å²) in [6.07, 6.45) is 5.21. The van der Waals surface area contributed by atoms with Gasteiger partial charge in [-0.3, -0.25) is 4.68 Å². The summed E-state index contributed by atoms with van der Waals surface area (Å²) >= 11 is 0. The van der Waals surface area contributed by atoms with Crippen LogP contribution in [0.2, 0.25) is 0 Å². The molecule has 1 aliphatic carbocycles. The van der Waals surface area contributed by atoms with E-state index in [2.05, 4.69) is 53.8 Å². The average molecular weight is 404 g/mol. The molecule has 5 rings (SSSR count). The standard InChI is InChI=1S/C24H29N5O/c1-4-29-21-13-15(2)5-7-20(21)22(27-29)24-26-23(28-30-24)19-8-6-18(14-16(19)3)17-9-11-25-12-10-17/h6,8,14,17,25H,2,4-5,7,9-13H2,1,3H3. The highest BCUT2D eigenvalue weighted by molar-refractivity contribution is 5.64. The molecule has 30 heavy (non-hydrogen) atoms. The molecule has 6 nitrogen and oxygen atoms in total. The topological polar surface area (TPSA) is 68.8 Å². The van der Waals surface area contributed by atoms with E-state index in [0.717, 1.165) is 50.2 Å². The first-order valence-electron chi connectivity index (χ1n) is 11.0. The monoisotopic (exact) mass is 403 g/mol. The molecule has 0 spiro atoms. The lowest BCUT2D eigenvalue weighted by Gasteiger charge is -2.23. The molecule has 1 aromatic carbocycles. The van der Waals surface area contributed by atoms with Crippen LogP contribution >= 0.6 is 0 Å². The summed E-state index contributed by atoms with van der Waals surface area (Å²) in [7, 11) is 0. The van der Waals surface area contributed by atoms with Crippen LogP contribution in [-0.2, 0) is 19.4 Å². The molecule has 3 aromatic rings. The van der Waals surface area contributed by atoms with Crippen LogP contribution < -0.4 is 5.32 Å². The number of allylic oxidation sites excluding steroid dienone is 1. The lowest BCUT2D eigenvalue weighted by atomic mass is 9.88. The molecule has 0 saturated carbocycles. The third-order valence-electron chi connectivity index (χ3n) is 6.54. The second-order valence-electron chi connectivity index (χ2n) is 8.54. The van der Waals surface area contributed by atoms with Crippen LogP contribution in [-0.4, -0.2) is 33.0 Å². The summed E-state index contributed by atoms with van der Waals surface area (Å²) < 4.78 is 7.74. The molecule has 0 amide bonds. The van der Waals surface area contributed by atoms with E-state index in [9.17, 15) is 0 Å². The van der Waals surface area contributed by atoms with E-state index in [-0.39, 0.29) is 0 Å². The smallest absolute Gasteiger partial charge is 0.279 e. The Morgan fingerprint density at radius 3 is 2.83 bits per heavy atom. The SMILES string of the molecule is C=C1CCc2c(-c3nc(-c4ccc(C5CCNCC5)cc4C)no3)nn(CC)c2C1. The number of fused-ring (bicyclic) bond motifs is 1. The molecule has 0 radical (unpaired) electrons. The van der Waals surface area contributed by atoms with E-state index in [1.54, 1.807) is 0 Å². The Balaban J connectivity index is 1.46. The van der Waals surface area contributed by atoms with Gasteiger partial charge in [0.05, 0.1) is 0 Å². The number of nitrogens with one attached hydrogen (secondary N) is 1. The van der Waals surface area contributed by atoms with Gasteiger partial charge in [0.2, 0.25) is 5.82 Å². The van der Waals surface area contributed by atoms with Gasteiger partial charge in [0.25, 0.3) is 5.89 Å². The minimum atomic E-state index is 0.516. The average Bonchev–Trinajstić information content (AvgIpc) is 3.38. The van der Waals surface area contributed by atoms with Crippen LogP contribution in [0.4, 0.5) is 0 Å². The Bertz CT molecular complexity index is 1090. The van der Waals surface area contributed by atoms with Crippen molar-refractivity contribution in [3.05, 3.63) is 52.7 Å². The molecule has 0 bridgehead atoms. The van der Waals surface area contributed by atoms with Gasteiger partial charge < -0.3 is 9.84 Å². The van der Waals surface area contributed by atoms with Crippen LogP contribution in [0.25, 0.3) is 23.0 Å². The van der Waals surface area contributed by atoms with Crippen LogP contribution in [0, 0.1) is 6.92 Å². The molecule has 0 atom stereocenters. The van der Waals surface area contributed by atoms with Crippen molar-refractivity contribution in [1.82, 2.24) is 25.2 Å². The zero-order valence-corrected chi connectivity index (χ0v) is 17.9. The number of hydrogen-bond acceptors (Lipinski definition) is 5. The molecule has 1 aliphatic heterocycles. The number of aromatic nitrogens is 4. The second-order valence-corrected chi connectivity index (χ2v) is 8.54. The van der Waals surface area contributed by atoms with Gasteiger partial charge in [-0.05, 0) is 69.7 Å². The summed E-state index contributed by atoms with van der Waals surface area (Å²) in [6, 6.07) is 6.67. The number of rotatable bonds is 4. The summed E-state index contributed by atoms with van der Waals surface area (Å²) in [5.41, 5.74) is 8.21. The molecule has 3 heterocycles. The number of aryl methyl sites for hydroxylation is 2. The van der Waals surface area contributed by atoms with Gasteiger partial charge in [0.15, 0.2) is 5.69 Å². The van der Waals surface area contributed by atoms with Crippen molar-refractivity contribution in [1.29, 1.82) is 0 Å². The number of nitrogens with zero attached hydrogens (tertiary/aromatic N) is 4. The van der Waals surface area contributed by atoms with E-state index in [0.29, 0.717) is 17.6 Å². The largest absolute Gasteiger partial charge is 0.332 e. The predicted octanol–water partition coefficient (Wildman–Crippen LogP) is 4.44. The van der Waals surface area contributed by atoms with Crippen LogP contribution in [0.3, 0.4) is 0 Å². The van der Waals surface area contributed by atoms with Gasteiger partial charge in [-0.1, -0.05) is 35.5 Å². The highest BCUT2D eigenvalue weighted by Crippen LogP contribution is 2.34. The number of benzene rings is 1. The molecule has 1 N–H and O–H groups in total. The van der Waals surface area contributed by atoms with Crippen LogP contribution in [0.1, 0.15) is 54.5 Å². The summed E-state index contributed by atoms with van der Waals surface area (Å²) in [4.78, 5) is 4.74. The first kappa shape index (κ1) is 19.2. The van der Waals surface area contributed by atoms with E-state index in [1.165, 1.54) is 40.8 Å². The first-order valence-corrected chi connectivity index (χ1v) is 11.0. The van der Waals surface area contributed by atoms with Crippen molar-refractivity contribution in [2.75, 3.05) is 13.1 Å². The lowest BCUT2D eigenvalue weighted by Crippen LogP contribution is -2.26. The lowest BCUT2D eigenvalue weighted by molar-refractivity contribution is 0.429. The van der Waals surface area contributed by atoms with Gasteiger partial charge in [-0.2, -0.15) is 10.1 Å². The fraction of sp³-hybridized carbons (Fsp3) is 0.458. The maximum atomic E-state index is 5.69. The zero-order valence-electron chi connectivity index (χ0n) is 17.9. The van der Waals surface area contributed by atoms with Gasteiger partial charge in [-0.15, -0.1) is 0 Å². The van der Waals surface area contributed by atoms with Crippen molar-refractivity contribution in [3.8, 4) is 23.0 Å². The fourth-order valence-electron chi connectivity index (χ4n) is 4.83.